The van der Waals surface area contributed by atoms with E-state index in [0.717, 1.165) is 5.56 Å². The van der Waals surface area contributed by atoms with Crippen molar-refractivity contribution in [2.75, 3.05) is 7.11 Å². The number of nitrogens with zero attached hydrogens (tertiary/aromatic N) is 1. The number of hydrogen-bond acceptors (Lipinski definition) is 6. The van der Waals surface area contributed by atoms with Gasteiger partial charge in [-0.3, -0.25) is 0 Å². The molecule has 0 unspecified atom stereocenters. The van der Waals surface area contributed by atoms with Gasteiger partial charge < -0.3 is 14.2 Å². The summed E-state index contributed by atoms with van der Waals surface area (Å²) < 4.78 is 15.7. The standard InChI is InChI=1S/C25H18ClNO5/c1-15-3-6-17(7-4-15)23-27-21(25(29)32-23)14-16-5-12-22(20(26)13-16)31-24(28)18-8-10-19(30-2)11-9-18/h3-14H,1-2H3. The maximum atomic E-state index is 12.4. The van der Waals surface area contributed by atoms with Crippen molar-refractivity contribution in [3.05, 3.63) is 99.7 Å². The van der Waals surface area contributed by atoms with E-state index >= 15 is 0 Å². The third-order valence-corrected chi connectivity index (χ3v) is 5.00. The van der Waals surface area contributed by atoms with Crippen molar-refractivity contribution in [3.63, 3.8) is 0 Å². The summed E-state index contributed by atoms with van der Waals surface area (Å²) in [6.07, 6.45) is 1.56. The van der Waals surface area contributed by atoms with Crippen molar-refractivity contribution < 1.29 is 23.8 Å². The Labute approximate surface area is 189 Å². The molecule has 7 heteroatoms. The summed E-state index contributed by atoms with van der Waals surface area (Å²) in [4.78, 5) is 28.9. The maximum absolute atomic E-state index is 12.4. The third kappa shape index (κ3) is 4.71. The number of hydrogen-bond donors (Lipinski definition) is 0. The minimum Gasteiger partial charge on any atom is -0.497 e. The number of esters is 2. The van der Waals surface area contributed by atoms with Crippen LogP contribution in [0.15, 0.2) is 77.4 Å². The first kappa shape index (κ1) is 21.3. The molecular formula is C25H18ClNO5. The Bertz CT molecular complexity index is 1240. The van der Waals surface area contributed by atoms with E-state index in [2.05, 4.69) is 4.99 Å². The van der Waals surface area contributed by atoms with Crippen LogP contribution >= 0.6 is 11.6 Å². The lowest BCUT2D eigenvalue weighted by Crippen LogP contribution is -2.08. The van der Waals surface area contributed by atoms with E-state index in [0.29, 0.717) is 22.4 Å². The molecule has 0 N–H and O–H groups in total. The number of carbonyl (C=O) groups excluding carboxylic acids is 2. The minimum absolute atomic E-state index is 0.152. The summed E-state index contributed by atoms with van der Waals surface area (Å²) in [6, 6.07) is 18.9. The second kappa shape index (κ2) is 9.08. The summed E-state index contributed by atoms with van der Waals surface area (Å²) in [5.41, 5.74) is 2.93. The zero-order valence-electron chi connectivity index (χ0n) is 17.3. The average molecular weight is 448 g/mol. The van der Waals surface area contributed by atoms with Gasteiger partial charge in [0.25, 0.3) is 0 Å². The molecule has 0 aliphatic carbocycles. The largest absolute Gasteiger partial charge is 0.497 e. The summed E-state index contributed by atoms with van der Waals surface area (Å²) >= 11 is 6.29. The van der Waals surface area contributed by atoms with Gasteiger partial charge in [-0.2, -0.15) is 0 Å². The molecule has 1 aliphatic heterocycles. The number of cyclic esters (lactones) is 1. The normalized spacial score (nSPS) is 14.2. The molecule has 0 amide bonds. The molecule has 0 radical (unpaired) electrons. The molecule has 160 valence electrons. The third-order valence-electron chi connectivity index (χ3n) is 4.71. The number of ether oxygens (including phenoxy) is 3. The summed E-state index contributed by atoms with van der Waals surface area (Å²) in [5.74, 6) is -0.0143. The van der Waals surface area contributed by atoms with Gasteiger partial charge in [0.15, 0.2) is 5.70 Å². The lowest BCUT2D eigenvalue weighted by Gasteiger charge is -2.07. The van der Waals surface area contributed by atoms with Gasteiger partial charge in [0, 0.05) is 5.56 Å². The highest BCUT2D eigenvalue weighted by Gasteiger charge is 2.24. The van der Waals surface area contributed by atoms with Crippen LogP contribution in [0.4, 0.5) is 0 Å². The first-order valence-corrected chi connectivity index (χ1v) is 10.1. The average Bonchev–Trinajstić information content (AvgIpc) is 3.16. The van der Waals surface area contributed by atoms with Crippen LogP contribution in [0.25, 0.3) is 6.08 Å². The lowest BCUT2D eigenvalue weighted by atomic mass is 10.1. The van der Waals surface area contributed by atoms with Crippen LogP contribution in [0.3, 0.4) is 0 Å². The predicted molar refractivity (Wildman–Crippen MR) is 121 cm³/mol. The van der Waals surface area contributed by atoms with Crippen LogP contribution in [-0.2, 0) is 9.53 Å². The number of halogens is 1. The van der Waals surface area contributed by atoms with E-state index in [9.17, 15) is 9.59 Å². The molecule has 0 bridgehead atoms. The molecule has 0 saturated heterocycles. The highest BCUT2D eigenvalue weighted by molar-refractivity contribution is 6.32. The van der Waals surface area contributed by atoms with Crippen LogP contribution in [0.5, 0.6) is 11.5 Å². The van der Waals surface area contributed by atoms with Crippen molar-refractivity contribution in [1.29, 1.82) is 0 Å². The number of aryl methyl sites for hydroxylation is 1. The second-order valence-corrected chi connectivity index (χ2v) is 7.42. The first-order valence-electron chi connectivity index (χ1n) is 9.68. The molecule has 3 aromatic carbocycles. The molecular weight excluding hydrogens is 430 g/mol. The number of carbonyl (C=O) groups is 2. The van der Waals surface area contributed by atoms with Crippen LogP contribution in [0.1, 0.15) is 27.0 Å². The molecule has 0 fully saturated rings. The van der Waals surface area contributed by atoms with Crippen molar-refractivity contribution >= 4 is 35.5 Å². The topological polar surface area (TPSA) is 74.2 Å². The molecule has 0 atom stereocenters. The van der Waals surface area contributed by atoms with E-state index in [-0.39, 0.29) is 22.4 Å². The number of aliphatic imine (C=N–C) groups is 1. The number of benzene rings is 3. The molecule has 32 heavy (non-hydrogen) atoms. The molecule has 0 aromatic heterocycles. The lowest BCUT2D eigenvalue weighted by molar-refractivity contribution is -0.129. The number of methoxy groups -OCH3 is 1. The second-order valence-electron chi connectivity index (χ2n) is 7.01. The Kier molecular flexibility index (Phi) is 6.05. The van der Waals surface area contributed by atoms with Crippen LogP contribution in [0, 0.1) is 6.92 Å². The number of rotatable bonds is 5. The van der Waals surface area contributed by atoms with Gasteiger partial charge in [-0.05, 0) is 67.1 Å². The zero-order valence-corrected chi connectivity index (χ0v) is 18.1. The molecule has 6 nitrogen and oxygen atoms in total. The van der Waals surface area contributed by atoms with Crippen molar-refractivity contribution in [3.8, 4) is 11.5 Å². The molecule has 1 heterocycles. The molecule has 1 aliphatic rings. The van der Waals surface area contributed by atoms with E-state index < -0.39 is 11.9 Å². The Morgan fingerprint density at radius 2 is 1.75 bits per heavy atom. The molecule has 4 rings (SSSR count). The SMILES string of the molecule is COc1ccc(C(=O)Oc2ccc(C=C3N=C(c4ccc(C)cc4)OC3=O)cc2Cl)cc1. The van der Waals surface area contributed by atoms with Gasteiger partial charge in [-0.1, -0.05) is 35.4 Å². The smallest absolute Gasteiger partial charge is 0.363 e. The van der Waals surface area contributed by atoms with Gasteiger partial charge in [0.1, 0.15) is 11.5 Å². The Morgan fingerprint density at radius 3 is 2.41 bits per heavy atom. The molecule has 0 spiro atoms. The van der Waals surface area contributed by atoms with Crippen LogP contribution in [0.2, 0.25) is 5.02 Å². The zero-order chi connectivity index (χ0) is 22.7. The van der Waals surface area contributed by atoms with Crippen molar-refractivity contribution in [2.24, 2.45) is 4.99 Å². The maximum Gasteiger partial charge on any atom is 0.363 e. The van der Waals surface area contributed by atoms with Crippen LogP contribution < -0.4 is 9.47 Å². The van der Waals surface area contributed by atoms with E-state index in [4.69, 9.17) is 25.8 Å². The monoisotopic (exact) mass is 447 g/mol. The minimum atomic E-state index is -0.549. The van der Waals surface area contributed by atoms with Gasteiger partial charge in [0.2, 0.25) is 5.90 Å². The quantitative estimate of drug-likeness (QED) is 0.304. The predicted octanol–water partition coefficient (Wildman–Crippen LogP) is 5.22. The molecule has 3 aromatic rings. The fourth-order valence-corrected chi connectivity index (χ4v) is 3.19. The fourth-order valence-electron chi connectivity index (χ4n) is 2.96. The Morgan fingerprint density at radius 1 is 1.03 bits per heavy atom. The first-order chi connectivity index (χ1) is 15.4. The Hall–Kier alpha value is -3.90. The van der Waals surface area contributed by atoms with E-state index in [1.807, 2.05) is 31.2 Å². The van der Waals surface area contributed by atoms with Gasteiger partial charge in [0.05, 0.1) is 17.7 Å². The van der Waals surface area contributed by atoms with Gasteiger partial charge in [-0.15, -0.1) is 0 Å². The van der Waals surface area contributed by atoms with E-state index in [1.165, 1.54) is 0 Å². The summed E-state index contributed by atoms with van der Waals surface area (Å²) in [7, 11) is 1.55. The Balaban J connectivity index is 1.51. The van der Waals surface area contributed by atoms with Gasteiger partial charge >= 0.3 is 11.9 Å². The highest BCUT2D eigenvalue weighted by atomic mass is 35.5. The molecule has 0 saturated carbocycles. The van der Waals surface area contributed by atoms with E-state index in [1.54, 1.807) is 55.7 Å². The van der Waals surface area contributed by atoms with Gasteiger partial charge in [-0.25, -0.2) is 14.6 Å². The summed E-state index contributed by atoms with van der Waals surface area (Å²) in [6.45, 7) is 1.97. The summed E-state index contributed by atoms with van der Waals surface area (Å²) in [5, 5.41) is 0.218. The van der Waals surface area contributed by atoms with Crippen molar-refractivity contribution in [2.45, 2.75) is 6.92 Å². The van der Waals surface area contributed by atoms with Crippen molar-refractivity contribution in [1.82, 2.24) is 0 Å². The highest BCUT2D eigenvalue weighted by Crippen LogP contribution is 2.28. The fraction of sp³-hybridized carbons (Fsp3) is 0.0800. The van der Waals surface area contributed by atoms with Crippen LogP contribution in [-0.4, -0.2) is 24.9 Å².